The highest BCUT2D eigenvalue weighted by molar-refractivity contribution is 6.18. The van der Waals surface area contributed by atoms with Gasteiger partial charge in [-0.2, -0.15) is 0 Å². The minimum atomic E-state index is -0.723. The molecule has 2 atom stereocenters. The molecule has 28 heavy (non-hydrogen) atoms. The van der Waals surface area contributed by atoms with Crippen LogP contribution in [0.2, 0.25) is 0 Å². The Kier molecular flexibility index (Phi) is 9.67. The number of halogens is 1. The van der Waals surface area contributed by atoms with E-state index >= 15 is 0 Å². The van der Waals surface area contributed by atoms with Crippen molar-refractivity contribution in [2.75, 3.05) is 32.3 Å². The van der Waals surface area contributed by atoms with Gasteiger partial charge in [0.15, 0.2) is 0 Å². The Labute approximate surface area is 170 Å². The maximum atomic E-state index is 9.74. The van der Waals surface area contributed by atoms with E-state index in [9.17, 15) is 10.2 Å². The lowest BCUT2D eigenvalue weighted by Gasteiger charge is -2.12. The first kappa shape index (κ1) is 22.1. The van der Waals surface area contributed by atoms with Gasteiger partial charge in [0.2, 0.25) is 0 Å². The lowest BCUT2D eigenvalue weighted by Crippen LogP contribution is -2.23. The number of ether oxygens (including phenoxy) is 3. The highest BCUT2D eigenvalue weighted by Crippen LogP contribution is 2.18. The Morgan fingerprint density at radius 2 is 1.32 bits per heavy atom. The van der Waals surface area contributed by atoms with Gasteiger partial charge in [-0.3, -0.25) is 0 Å². The van der Waals surface area contributed by atoms with Crippen LogP contribution in [0.4, 0.5) is 0 Å². The topological polar surface area (TPSA) is 68.2 Å². The molecule has 0 spiro atoms. The van der Waals surface area contributed by atoms with Crippen LogP contribution in [0, 0.1) is 12.3 Å². The third-order valence-corrected chi connectivity index (χ3v) is 4.17. The first-order valence-corrected chi connectivity index (χ1v) is 9.51. The molecule has 2 rings (SSSR count). The van der Waals surface area contributed by atoms with Crippen molar-refractivity contribution < 1.29 is 24.4 Å². The third-order valence-electron chi connectivity index (χ3n) is 3.81. The fourth-order valence-electron chi connectivity index (χ4n) is 2.37. The molecule has 6 heteroatoms. The maximum absolute atomic E-state index is 9.74. The lowest BCUT2D eigenvalue weighted by atomic mass is 10.0. The van der Waals surface area contributed by atoms with Crippen LogP contribution in [0.5, 0.6) is 11.5 Å². The Balaban J connectivity index is 1.78. The standard InChI is InChI=1S/C22H25ClO5/c1-2-11-26-14-20(25)16-28-22-9-5-18(6-10-22)12-17-3-7-21(8-4-17)27-15-19(24)13-23/h1,3-10,19-20,24-25H,11-16H2/t19-,20+/m1/s1. The third kappa shape index (κ3) is 8.20. The second-order valence-electron chi connectivity index (χ2n) is 6.27. The van der Waals surface area contributed by atoms with Gasteiger partial charge in [0.1, 0.15) is 43.5 Å². The van der Waals surface area contributed by atoms with Crippen molar-refractivity contribution in [1.29, 1.82) is 0 Å². The molecule has 0 heterocycles. The molecule has 2 aromatic carbocycles. The van der Waals surface area contributed by atoms with E-state index in [4.69, 9.17) is 32.2 Å². The minimum Gasteiger partial charge on any atom is -0.491 e. The van der Waals surface area contributed by atoms with Crippen molar-refractivity contribution in [1.82, 2.24) is 0 Å². The number of terminal acetylenes is 1. The average molecular weight is 405 g/mol. The van der Waals surface area contributed by atoms with E-state index in [1.165, 1.54) is 0 Å². The van der Waals surface area contributed by atoms with E-state index in [0.717, 1.165) is 17.5 Å². The normalized spacial score (nSPS) is 12.8. The van der Waals surface area contributed by atoms with Crippen molar-refractivity contribution in [3.8, 4) is 23.8 Å². The number of alkyl halides is 1. The second-order valence-corrected chi connectivity index (χ2v) is 6.58. The molecule has 0 aliphatic heterocycles. The molecule has 0 amide bonds. The van der Waals surface area contributed by atoms with Gasteiger partial charge < -0.3 is 24.4 Å². The largest absolute Gasteiger partial charge is 0.491 e. The van der Waals surface area contributed by atoms with Gasteiger partial charge in [-0.05, 0) is 41.8 Å². The SMILES string of the molecule is C#CCOC[C@H](O)COc1ccc(Cc2ccc(OC[C@H](O)CCl)cc2)cc1. The van der Waals surface area contributed by atoms with E-state index in [1.807, 2.05) is 48.5 Å². The van der Waals surface area contributed by atoms with Crippen molar-refractivity contribution in [2.45, 2.75) is 18.6 Å². The Morgan fingerprint density at radius 3 is 1.79 bits per heavy atom. The second kappa shape index (κ2) is 12.3. The molecule has 0 aromatic heterocycles. The molecule has 5 nitrogen and oxygen atoms in total. The number of benzene rings is 2. The summed E-state index contributed by atoms with van der Waals surface area (Å²) in [6, 6.07) is 15.4. The van der Waals surface area contributed by atoms with Gasteiger partial charge in [0.25, 0.3) is 0 Å². The molecule has 0 aliphatic rings. The summed E-state index contributed by atoms with van der Waals surface area (Å²) in [6.45, 7) is 0.639. The van der Waals surface area contributed by atoms with Crippen molar-refractivity contribution in [2.24, 2.45) is 0 Å². The molecule has 0 saturated heterocycles. The fourth-order valence-corrected chi connectivity index (χ4v) is 2.46. The van der Waals surface area contributed by atoms with Crippen molar-refractivity contribution in [3.05, 3.63) is 59.7 Å². The number of hydrogen-bond donors (Lipinski definition) is 2. The average Bonchev–Trinajstić information content (AvgIpc) is 2.72. The summed E-state index contributed by atoms with van der Waals surface area (Å²) < 4.78 is 16.1. The highest BCUT2D eigenvalue weighted by atomic mass is 35.5. The summed E-state index contributed by atoms with van der Waals surface area (Å²) in [5, 5.41) is 19.2. The van der Waals surface area contributed by atoms with Crippen LogP contribution in [0.25, 0.3) is 0 Å². The summed E-state index contributed by atoms with van der Waals surface area (Å²) in [7, 11) is 0. The predicted molar refractivity (Wildman–Crippen MR) is 109 cm³/mol. The van der Waals surface area contributed by atoms with Gasteiger partial charge in [-0.1, -0.05) is 30.2 Å². The molecular weight excluding hydrogens is 380 g/mol. The molecule has 0 saturated carbocycles. The molecule has 0 radical (unpaired) electrons. The zero-order valence-electron chi connectivity index (χ0n) is 15.6. The zero-order valence-corrected chi connectivity index (χ0v) is 16.3. The zero-order chi connectivity index (χ0) is 20.2. The van der Waals surface area contributed by atoms with Gasteiger partial charge in [-0.15, -0.1) is 18.0 Å². The maximum Gasteiger partial charge on any atom is 0.119 e. The Morgan fingerprint density at radius 1 is 0.821 bits per heavy atom. The van der Waals surface area contributed by atoms with E-state index in [2.05, 4.69) is 5.92 Å². The fraction of sp³-hybridized carbons (Fsp3) is 0.364. The van der Waals surface area contributed by atoms with Crippen LogP contribution in [-0.4, -0.2) is 54.7 Å². The molecule has 150 valence electrons. The number of hydrogen-bond acceptors (Lipinski definition) is 5. The van der Waals surface area contributed by atoms with Crippen LogP contribution < -0.4 is 9.47 Å². The van der Waals surface area contributed by atoms with Gasteiger partial charge in [-0.25, -0.2) is 0 Å². The van der Waals surface area contributed by atoms with E-state index < -0.39 is 12.2 Å². The first-order valence-electron chi connectivity index (χ1n) is 8.97. The molecule has 0 bridgehead atoms. The monoisotopic (exact) mass is 404 g/mol. The van der Waals surface area contributed by atoms with Crippen LogP contribution in [0.3, 0.4) is 0 Å². The highest BCUT2D eigenvalue weighted by Gasteiger charge is 2.06. The van der Waals surface area contributed by atoms with E-state index in [1.54, 1.807) is 0 Å². The molecule has 2 aromatic rings. The lowest BCUT2D eigenvalue weighted by molar-refractivity contribution is 0.0229. The molecule has 0 unspecified atom stereocenters. The molecule has 2 N–H and O–H groups in total. The van der Waals surface area contributed by atoms with Crippen LogP contribution in [0.15, 0.2) is 48.5 Å². The van der Waals surface area contributed by atoms with Crippen molar-refractivity contribution >= 4 is 11.6 Å². The summed E-state index contributed by atoms with van der Waals surface area (Å²) in [5.74, 6) is 3.87. The van der Waals surface area contributed by atoms with Crippen LogP contribution in [-0.2, 0) is 11.2 Å². The van der Waals surface area contributed by atoms with E-state index in [0.29, 0.717) is 11.5 Å². The predicted octanol–water partition coefficient (Wildman–Crippen LogP) is 2.65. The summed E-state index contributed by atoms with van der Waals surface area (Å²) in [5.41, 5.74) is 2.27. The summed E-state index contributed by atoms with van der Waals surface area (Å²) in [4.78, 5) is 0. The smallest absolute Gasteiger partial charge is 0.119 e. The van der Waals surface area contributed by atoms with E-state index in [-0.39, 0.29) is 32.3 Å². The van der Waals surface area contributed by atoms with Crippen LogP contribution in [0.1, 0.15) is 11.1 Å². The number of aliphatic hydroxyl groups is 2. The van der Waals surface area contributed by atoms with Crippen molar-refractivity contribution in [3.63, 3.8) is 0 Å². The minimum absolute atomic E-state index is 0.143. The van der Waals surface area contributed by atoms with Gasteiger partial charge >= 0.3 is 0 Å². The van der Waals surface area contributed by atoms with Gasteiger partial charge in [0, 0.05) is 0 Å². The van der Waals surface area contributed by atoms with Gasteiger partial charge in [0.05, 0.1) is 12.5 Å². The molecule has 0 fully saturated rings. The summed E-state index contributed by atoms with van der Waals surface area (Å²) >= 11 is 5.54. The quantitative estimate of drug-likeness (QED) is 0.323. The number of aliphatic hydroxyl groups excluding tert-OH is 2. The molecule has 0 aliphatic carbocycles. The molecular formula is C22H25ClO5. The number of rotatable bonds is 12. The van der Waals surface area contributed by atoms with Crippen LogP contribution >= 0.6 is 11.6 Å². The first-order chi connectivity index (χ1) is 13.6. The Hall–Kier alpha value is -2.23. The summed E-state index contributed by atoms with van der Waals surface area (Å²) in [6.07, 6.45) is 4.46. The Bertz CT molecular complexity index is 724.